The van der Waals surface area contributed by atoms with Gasteiger partial charge in [0.15, 0.2) is 0 Å². The third-order valence-electron chi connectivity index (χ3n) is 2.45. The van der Waals surface area contributed by atoms with Gasteiger partial charge in [-0.25, -0.2) is 9.97 Å². The summed E-state index contributed by atoms with van der Waals surface area (Å²) in [6.45, 7) is 1.79. The van der Waals surface area contributed by atoms with Crippen molar-refractivity contribution in [2.45, 2.75) is 20.8 Å². The van der Waals surface area contributed by atoms with Crippen molar-refractivity contribution in [2.75, 3.05) is 12.4 Å². The van der Waals surface area contributed by atoms with Gasteiger partial charge in [0.1, 0.15) is 12.2 Å². The normalized spacial score (nSPS) is 9.50. The number of ether oxygens (including phenoxy) is 1. The maximum absolute atomic E-state index is 11.2. The number of nitrogens with one attached hydrogen (secondary N) is 1. The molecule has 106 valence electrons. The Balaban J connectivity index is 0.00000200. The molecule has 2 aromatic rings. The summed E-state index contributed by atoms with van der Waals surface area (Å²) >= 11 is 0. The molecule has 0 aliphatic rings. The lowest BCUT2D eigenvalue weighted by Gasteiger charge is -2.06. The van der Waals surface area contributed by atoms with Gasteiger partial charge in [0.25, 0.3) is 0 Å². The van der Waals surface area contributed by atoms with Gasteiger partial charge in [0.05, 0.1) is 13.5 Å². The van der Waals surface area contributed by atoms with E-state index in [0.29, 0.717) is 11.8 Å². The van der Waals surface area contributed by atoms with Crippen LogP contribution in [0.1, 0.15) is 18.8 Å². The highest BCUT2D eigenvalue weighted by molar-refractivity contribution is 5.73. The van der Waals surface area contributed by atoms with Gasteiger partial charge in [-0.15, -0.1) is 0 Å². The van der Waals surface area contributed by atoms with E-state index >= 15 is 0 Å². The number of anilines is 2. The van der Waals surface area contributed by atoms with E-state index in [1.165, 1.54) is 13.4 Å². The molecule has 0 atom stereocenters. The molecular weight excluding hydrogens is 256 g/mol. The summed E-state index contributed by atoms with van der Waals surface area (Å²) in [6, 6.07) is 7.45. The minimum Gasteiger partial charge on any atom is -0.469 e. The van der Waals surface area contributed by atoms with Crippen LogP contribution in [0, 0.1) is 6.92 Å². The molecule has 2 rings (SSSR count). The second kappa shape index (κ2) is 7.18. The first-order chi connectivity index (χ1) is 9.17. The van der Waals surface area contributed by atoms with Gasteiger partial charge < -0.3 is 10.1 Å². The van der Waals surface area contributed by atoms with Crippen LogP contribution in [0.5, 0.6) is 0 Å². The molecule has 0 saturated heterocycles. The largest absolute Gasteiger partial charge is 0.469 e. The second-order valence-electron chi connectivity index (χ2n) is 3.93. The predicted octanol–water partition coefficient (Wildman–Crippen LogP) is 2.28. The Morgan fingerprint density at radius 1 is 1.35 bits per heavy atom. The van der Waals surface area contributed by atoms with Crippen molar-refractivity contribution < 1.29 is 9.53 Å². The molecule has 20 heavy (non-hydrogen) atoms. The van der Waals surface area contributed by atoms with Gasteiger partial charge in [-0.05, 0) is 24.6 Å². The Morgan fingerprint density at radius 2 is 2.15 bits per heavy atom. The van der Waals surface area contributed by atoms with E-state index in [2.05, 4.69) is 25.0 Å². The van der Waals surface area contributed by atoms with Gasteiger partial charge in [-0.3, -0.25) is 4.79 Å². The third kappa shape index (κ3) is 4.31. The van der Waals surface area contributed by atoms with Crippen LogP contribution in [-0.4, -0.2) is 28.0 Å². The fourth-order valence-electron chi connectivity index (χ4n) is 1.57. The number of nitrogens with zero attached hydrogens (tertiary/aromatic N) is 3. The first-order valence-corrected chi connectivity index (χ1v) is 5.76. The average Bonchev–Trinajstić information content (AvgIpc) is 2.39. The molecule has 1 N–H and O–H groups in total. The Morgan fingerprint density at radius 3 is 2.85 bits per heavy atom. The molecule has 0 amide bonds. The SMILES string of the molecule is C.COC(=O)Cc1cccc(Nc2ncnc(C)n2)c1. The van der Waals surface area contributed by atoms with E-state index in [1.807, 2.05) is 24.3 Å². The van der Waals surface area contributed by atoms with Crippen LogP contribution in [0.25, 0.3) is 0 Å². The number of aryl methyl sites for hydroxylation is 1. The predicted molar refractivity (Wildman–Crippen MR) is 76.7 cm³/mol. The highest BCUT2D eigenvalue weighted by atomic mass is 16.5. The zero-order valence-corrected chi connectivity index (χ0v) is 10.8. The number of carbonyl (C=O) groups is 1. The number of rotatable bonds is 4. The molecule has 1 aromatic heterocycles. The van der Waals surface area contributed by atoms with E-state index in [-0.39, 0.29) is 19.8 Å². The van der Waals surface area contributed by atoms with Crippen molar-refractivity contribution in [1.82, 2.24) is 15.0 Å². The highest BCUT2D eigenvalue weighted by Crippen LogP contribution is 2.15. The number of carbonyl (C=O) groups excluding carboxylic acids is 1. The molecule has 0 spiro atoms. The minimum atomic E-state index is -0.270. The zero-order valence-electron chi connectivity index (χ0n) is 10.8. The van der Waals surface area contributed by atoms with Gasteiger partial charge in [0.2, 0.25) is 5.95 Å². The van der Waals surface area contributed by atoms with Crippen LogP contribution in [0.15, 0.2) is 30.6 Å². The van der Waals surface area contributed by atoms with E-state index in [0.717, 1.165) is 11.3 Å². The van der Waals surface area contributed by atoms with Crippen LogP contribution >= 0.6 is 0 Å². The summed E-state index contributed by atoms with van der Waals surface area (Å²) in [4.78, 5) is 23.3. The molecule has 0 radical (unpaired) electrons. The fourth-order valence-corrected chi connectivity index (χ4v) is 1.57. The molecule has 0 aliphatic heterocycles. The summed E-state index contributed by atoms with van der Waals surface area (Å²) in [5.74, 6) is 0.846. The lowest BCUT2D eigenvalue weighted by molar-refractivity contribution is -0.139. The molecule has 0 unspecified atom stereocenters. The molecule has 1 heterocycles. The van der Waals surface area contributed by atoms with E-state index in [9.17, 15) is 4.79 Å². The molecular formula is C14H18N4O2. The van der Waals surface area contributed by atoms with Crippen molar-refractivity contribution in [2.24, 2.45) is 0 Å². The molecule has 6 heteroatoms. The van der Waals surface area contributed by atoms with Crippen molar-refractivity contribution in [1.29, 1.82) is 0 Å². The second-order valence-corrected chi connectivity index (χ2v) is 3.93. The minimum absolute atomic E-state index is 0. The Labute approximate surface area is 118 Å². The molecule has 0 fully saturated rings. The van der Waals surface area contributed by atoms with Crippen LogP contribution < -0.4 is 5.32 Å². The third-order valence-corrected chi connectivity index (χ3v) is 2.45. The zero-order chi connectivity index (χ0) is 13.7. The smallest absolute Gasteiger partial charge is 0.309 e. The topological polar surface area (TPSA) is 77.0 Å². The standard InChI is InChI=1S/C13H14N4O2.CH4/c1-9-14-8-15-13(16-9)17-11-5-3-4-10(6-11)7-12(18)19-2;/h3-6,8H,7H2,1-2H3,(H,14,15,16,17);1H4. The van der Waals surface area contributed by atoms with Crippen LogP contribution in [0.3, 0.4) is 0 Å². The first kappa shape index (κ1) is 15.6. The maximum atomic E-state index is 11.2. The number of hydrogen-bond acceptors (Lipinski definition) is 6. The van der Waals surface area contributed by atoms with Crippen molar-refractivity contribution in [3.05, 3.63) is 42.0 Å². The maximum Gasteiger partial charge on any atom is 0.309 e. The fraction of sp³-hybridized carbons (Fsp3) is 0.286. The molecule has 6 nitrogen and oxygen atoms in total. The van der Waals surface area contributed by atoms with E-state index in [4.69, 9.17) is 0 Å². The number of aromatic nitrogens is 3. The van der Waals surface area contributed by atoms with Gasteiger partial charge >= 0.3 is 5.97 Å². The summed E-state index contributed by atoms with van der Waals surface area (Å²) in [5.41, 5.74) is 1.68. The lowest BCUT2D eigenvalue weighted by Crippen LogP contribution is -2.05. The Kier molecular flexibility index (Phi) is 5.58. The van der Waals surface area contributed by atoms with Crippen molar-refractivity contribution >= 4 is 17.6 Å². The first-order valence-electron chi connectivity index (χ1n) is 5.76. The van der Waals surface area contributed by atoms with Crippen LogP contribution in [0.4, 0.5) is 11.6 Å². The van der Waals surface area contributed by atoms with E-state index in [1.54, 1.807) is 6.92 Å². The molecule has 1 aromatic carbocycles. The summed E-state index contributed by atoms with van der Waals surface area (Å²) in [7, 11) is 1.37. The Hall–Kier alpha value is -2.50. The lowest BCUT2D eigenvalue weighted by atomic mass is 10.1. The number of hydrogen-bond donors (Lipinski definition) is 1. The van der Waals surface area contributed by atoms with E-state index < -0.39 is 0 Å². The number of benzene rings is 1. The summed E-state index contributed by atoms with van der Waals surface area (Å²) in [6.07, 6.45) is 1.69. The quantitative estimate of drug-likeness (QED) is 0.862. The van der Waals surface area contributed by atoms with Crippen molar-refractivity contribution in [3.8, 4) is 0 Å². The number of esters is 1. The summed E-state index contributed by atoms with van der Waals surface area (Å²) in [5, 5.41) is 3.06. The Bertz CT molecular complexity index is 587. The average molecular weight is 274 g/mol. The van der Waals surface area contributed by atoms with Gasteiger partial charge in [-0.2, -0.15) is 4.98 Å². The van der Waals surface area contributed by atoms with Gasteiger partial charge in [-0.1, -0.05) is 19.6 Å². The molecule has 0 bridgehead atoms. The summed E-state index contributed by atoms with van der Waals surface area (Å²) < 4.78 is 4.64. The van der Waals surface area contributed by atoms with Crippen molar-refractivity contribution in [3.63, 3.8) is 0 Å². The molecule has 0 aliphatic carbocycles. The van der Waals surface area contributed by atoms with Crippen LogP contribution in [0.2, 0.25) is 0 Å². The monoisotopic (exact) mass is 274 g/mol. The molecule has 0 saturated carbocycles. The van der Waals surface area contributed by atoms with Crippen LogP contribution in [-0.2, 0) is 16.0 Å². The highest BCUT2D eigenvalue weighted by Gasteiger charge is 2.04. The number of methoxy groups -OCH3 is 1. The van der Waals surface area contributed by atoms with Gasteiger partial charge in [0, 0.05) is 5.69 Å².